The second kappa shape index (κ2) is 6.57. The summed E-state index contributed by atoms with van der Waals surface area (Å²) in [5.41, 5.74) is 2.61. The third-order valence-electron chi connectivity index (χ3n) is 2.03. The lowest BCUT2D eigenvalue weighted by Gasteiger charge is -2.04. The normalized spacial score (nSPS) is 10.4. The molecule has 0 N–H and O–H groups in total. The molecule has 1 aromatic rings. The van der Waals surface area contributed by atoms with E-state index in [4.69, 9.17) is 9.47 Å². The molecule has 0 atom stereocenters. The molecule has 0 aromatic heterocycles. The maximum atomic E-state index is 5.29. The van der Waals surface area contributed by atoms with Crippen molar-refractivity contribution >= 4 is 0 Å². The first-order chi connectivity index (χ1) is 6.83. The number of benzene rings is 1. The van der Waals surface area contributed by atoms with Crippen molar-refractivity contribution in [3.63, 3.8) is 0 Å². The summed E-state index contributed by atoms with van der Waals surface area (Å²) in [4.78, 5) is 0. The SMILES string of the molecule is CCOCOCCc1ccc(C)cc1. The lowest BCUT2D eigenvalue weighted by Crippen LogP contribution is -2.03. The van der Waals surface area contributed by atoms with Gasteiger partial charge in [0.2, 0.25) is 0 Å². The van der Waals surface area contributed by atoms with Crippen LogP contribution in [-0.4, -0.2) is 20.0 Å². The number of rotatable bonds is 6. The summed E-state index contributed by atoms with van der Waals surface area (Å²) in [5, 5.41) is 0. The Balaban J connectivity index is 2.15. The van der Waals surface area contributed by atoms with Gasteiger partial charge in [-0.25, -0.2) is 0 Å². The minimum atomic E-state index is 0.405. The molecule has 0 amide bonds. The average Bonchev–Trinajstić information content (AvgIpc) is 2.21. The predicted molar refractivity (Wildman–Crippen MR) is 57.3 cm³/mol. The monoisotopic (exact) mass is 194 g/mol. The molecule has 0 aliphatic carbocycles. The van der Waals surface area contributed by atoms with Crippen molar-refractivity contribution in [1.29, 1.82) is 0 Å². The third-order valence-corrected chi connectivity index (χ3v) is 2.03. The van der Waals surface area contributed by atoms with E-state index in [9.17, 15) is 0 Å². The fraction of sp³-hybridized carbons (Fsp3) is 0.500. The van der Waals surface area contributed by atoms with E-state index in [0.29, 0.717) is 13.4 Å². The van der Waals surface area contributed by atoms with E-state index < -0.39 is 0 Å². The molecule has 2 heteroatoms. The molecular formula is C12H18O2. The Morgan fingerprint density at radius 2 is 1.79 bits per heavy atom. The molecule has 78 valence electrons. The zero-order chi connectivity index (χ0) is 10.2. The zero-order valence-electron chi connectivity index (χ0n) is 8.95. The number of hydrogen-bond acceptors (Lipinski definition) is 2. The molecule has 0 aliphatic heterocycles. The van der Waals surface area contributed by atoms with Crippen LogP contribution in [0.1, 0.15) is 18.1 Å². The van der Waals surface area contributed by atoms with Crippen LogP contribution in [0.5, 0.6) is 0 Å². The molecule has 14 heavy (non-hydrogen) atoms. The summed E-state index contributed by atoms with van der Waals surface area (Å²) in [6, 6.07) is 8.52. The van der Waals surface area contributed by atoms with Crippen LogP contribution in [0.3, 0.4) is 0 Å². The van der Waals surface area contributed by atoms with Crippen LogP contribution in [0.25, 0.3) is 0 Å². The lowest BCUT2D eigenvalue weighted by atomic mass is 10.1. The van der Waals surface area contributed by atoms with Gasteiger partial charge >= 0.3 is 0 Å². The summed E-state index contributed by atoms with van der Waals surface area (Å²) < 4.78 is 10.4. The van der Waals surface area contributed by atoms with Gasteiger partial charge in [-0.3, -0.25) is 0 Å². The van der Waals surface area contributed by atoms with Gasteiger partial charge in [0.1, 0.15) is 6.79 Å². The van der Waals surface area contributed by atoms with Crippen molar-refractivity contribution in [2.75, 3.05) is 20.0 Å². The van der Waals surface area contributed by atoms with E-state index in [1.807, 2.05) is 6.92 Å². The summed E-state index contributed by atoms with van der Waals surface area (Å²) in [6.07, 6.45) is 0.952. The smallest absolute Gasteiger partial charge is 0.146 e. The van der Waals surface area contributed by atoms with Gasteiger partial charge in [0.05, 0.1) is 6.61 Å². The van der Waals surface area contributed by atoms with E-state index in [0.717, 1.165) is 13.0 Å². The van der Waals surface area contributed by atoms with Crippen LogP contribution in [0.15, 0.2) is 24.3 Å². The van der Waals surface area contributed by atoms with Gasteiger partial charge in [0.15, 0.2) is 0 Å². The fourth-order valence-electron chi connectivity index (χ4n) is 1.15. The van der Waals surface area contributed by atoms with E-state index in [-0.39, 0.29) is 0 Å². The highest BCUT2D eigenvalue weighted by atomic mass is 16.7. The van der Waals surface area contributed by atoms with Crippen molar-refractivity contribution < 1.29 is 9.47 Å². The Bertz CT molecular complexity index is 241. The second-order valence-corrected chi connectivity index (χ2v) is 3.25. The van der Waals surface area contributed by atoms with Crippen molar-refractivity contribution in [3.05, 3.63) is 35.4 Å². The van der Waals surface area contributed by atoms with E-state index in [1.54, 1.807) is 0 Å². The maximum absolute atomic E-state index is 5.29. The largest absolute Gasteiger partial charge is 0.356 e. The van der Waals surface area contributed by atoms with Crippen molar-refractivity contribution in [3.8, 4) is 0 Å². The predicted octanol–water partition coefficient (Wildman–Crippen LogP) is 2.55. The molecule has 1 rings (SSSR count). The van der Waals surface area contributed by atoms with Gasteiger partial charge in [-0.05, 0) is 25.8 Å². The Hall–Kier alpha value is -0.860. The summed E-state index contributed by atoms with van der Waals surface area (Å²) >= 11 is 0. The van der Waals surface area contributed by atoms with Crippen LogP contribution >= 0.6 is 0 Å². The van der Waals surface area contributed by atoms with Crippen molar-refractivity contribution in [2.24, 2.45) is 0 Å². The summed E-state index contributed by atoms with van der Waals surface area (Å²) in [7, 11) is 0. The molecular weight excluding hydrogens is 176 g/mol. The Labute approximate surface area is 85.8 Å². The molecule has 0 fully saturated rings. The second-order valence-electron chi connectivity index (χ2n) is 3.25. The molecule has 0 saturated heterocycles. The summed E-state index contributed by atoms with van der Waals surface area (Å²) in [5.74, 6) is 0. The van der Waals surface area contributed by atoms with Crippen molar-refractivity contribution in [2.45, 2.75) is 20.3 Å². The Morgan fingerprint density at radius 3 is 2.43 bits per heavy atom. The first-order valence-electron chi connectivity index (χ1n) is 5.04. The van der Waals surface area contributed by atoms with Gasteiger partial charge < -0.3 is 9.47 Å². The van der Waals surface area contributed by atoms with E-state index in [1.165, 1.54) is 11.1 Å². The topological polar surface area (TPSA) is 18.5 Å². The zero-order valence-corrected chi connectivity index (χ0v) is 8.95. The Morgan fingerprint density at radius 1 is 1.07 bits per heavy atom. The minimum absolute atomic E-state index is 0.405. The van der Waals surface area contributed by atoms with Crippen LogP contribution < -0.4 is 0 Å². The molecule has 0 radical (unpaired) electrons. The van der Waals surface area contributed by atoms with Crippen LogP contribution in [0.4, 0.5) is 0 Å². The van der Waals surface area contributed by atoms with Crippen LogP contribution in [-0.2, 0) is 15.9 Å². The molecule has 2 nitrogen and oxygen atoms in total. The van der Waals surface area contributed by atoms with Crippen molar-refractivity contribution in [1.82, 2.24) is 0 Å². The molecule has 0 heterocycles. The molecule has 0 aliphatic rings. The number of aryl methyl sites for hydroxylation is 1. The summed E-state index contributed by atoms with van der Waals surface area (Å²) in [6.45, 7) is 5.90. The third kappa shape index (κ3) is 4.40. The first-order valence-corrected chi connectivity index (χ1v) is 5.04. The quantitative estimate of drug-likeness (QED) is 0.512. The first kappa shape index (κ1) is 11.2. The highest BCUT2D eigenvalue weighted by Gasteiger charge is 1.92. The fourth-order valence-corrected chi connectivity index (χ4v) is 1.15. The maximum Gasteiger partial charge on any atom is 0.146 e. The Kier molecular flexibility index (Phi) is 5.27. The standard InChI is InChI=1S/C12H18O2/c1-3-13-10-14-9-8-12-6-4-11(2)5-7-12/h4-7H,3,8-10H2,1-2H3. The van der Waals surface area contributed by atoms with Gasteiger partial charge in [-0.2, -0.15) is 0 Å². The lowest BCUT2D eigenvalue weighted by molar-refractivity contribution is -0.0481. The highest BCUT2D eigenvalue weighted by Crippen LogP contribution is 2.03. The number of hydrogen-bond donors (Lipinski definition) is 0. The van der Waals surface area contributed by atoms with E-state index >= 15 is 0 Å². The average molecular weight is 194 g/mol. The van der Waals surface area contributed by atoms with E-state index in [2.05, 4.69) is 31.2 Å². The molecule has 0 saturated carbocycles. The van der Waals surface area contributed by atoms with Gasteiger partial charge in [-0.15, -0.1) is 0 Å². The highest BCUT2D eigenvalue weighted by molar-refractivity contribution is 5.21. The molecule has 0 unspecified atom stereocenters. The molecule has 0 spiro atoms. The number of ether oxygens (including phenoxy) is 2. The van der Waals surface area contributed by atoms with Crippen LogP contribution in [0.2, 0.25) is 0 Å². The van der Waals surface area contributed by atoms with Gasteiger partial charge in [0.25, 0.3) is 0 Å². The molecule has 1 aromatic carbocycles. The van der Waals surface area contributed by atoms with Gasteiger partial charge in [-0.1, -0.05) is 29.8 Å². The van der Waals surface area contributed by atoms with Crippen LogP contribution in [0, 0.1) is 6.92 Å². The minimum Gasteiger partial charge on any atom is -0.356 e. The van der Waals surface area contributed by atoms with Gasteiger partial charge in [0, 0.05) is 6.61 Å². The molecule has 0 bridgehead atoms.